The van der Waals surface area contributed by atoms with E-state index in [1.54, 1.807) is 12.5 Å². The molecule has 1 fully saturated rings. The van der Waals surface area contributed by atoms with Gasteiger partial charge < -0.3 is 19.8 Å². The van der Waals surface area contributed by atoms with E-state index >= 15 is 0 Å². The third kappa shape index (κ3) is 3.36. The first-order valence-corrected chi connectivity index (χ1v) is 5.44. The molecule has 0 radical (unpaired) electrons. The van der Waals surface area contributed by atoms with E-state index in [2.05, 4.69) is 10.6 Å². The average Bonchev–Trinajstić information content (AvgIpc) is 2.81. The molecule has 88 valence electrons. The summed E-state index contributed by atoms with van der Waals surface area (Å²) in [6, 6.07) is 1.83. The third-order valence-corrected chi connectivity index (χ3v) is 2.49. The van der Waals surface area contributed by atoms with Crippen LogP contribution in [0.4, 0.5) is 0 Å². The monoisotopic (exact) mass is 224 g/mol. The number of amides is 1. The Morgan fingerprint density at radius 3 is 3.25 bits per heavy atom. The Morgan fingerprint density at radius 2 is 2.56 bits per heavy atom. The summed E-state index contributed by atoms with van der Waals surface area (Å²) in [6.07, 6.45) is 3.62. The number of carbonyl (C=O) groups excluding carboxylic acids is 1. The van der Waals surface area contributed by atoms with Crippen molar-refractivity contribution in [1.29, 1.82) is 0 Å². The van der Waals surface area contributed by atoms with E-state index in [1.165, 1.54) is 0 Å². The smallest absolute Gasteiger partial charge is 0.222 e. The second kappa shape index (κ2) is 5.67. The van der Waals surface area contributed by atoms with E-state index in [0.717, 1.165) is 18.7 Å². The van der Waals surface area contributed by atoms with Gasteiger partial charge in [0.25, 0.3) is 0 Å². The minimum absolute atomic E-state index is 0.00176. The van der Waals surface area contributed by atoms with Gasteiger partial charge in [-0.05, 0) is 6.07 Å². The van der Waals surface area contributed by atoms with E-state index in [-0.39, 0.29) is 12.0 Å². The molecule has 1 unspecified atom stereocenters. The number of furan rings is 1. The van der Waals surface area contributed by atoms with Crippen LogP contribution in [0, 0.1) is 0 Å². The maximum absolute atomic E-state index is 11.6. The van der Waals surface area contributed by atoms with Crippen LogP contribution < -0.4 is 10.6 Å². The van der Waals surface area contributed by atoms with Crippen molar-refractivity contribution in [3.8, 4) is 0 Å². The molecule has 1 aliphatic heterocycles. The summed E-state index contributed by atoms with van der Waals surface area (Å²) < 4.78 is 10.4. The molecule has 0 aromatic carbocycles. The van der Waals surface area contributed by atoms with Crippen LogP contribution in [0.3, 0.4) is 0 Å². The lowest BCUT2D eigenvalue weighted by Crippen LogP contribution is -2.41. The number of hydrogen-bond donors (Lipinski definition) is 2. The van der Waals surface area contributed by atoms with E-state index in [1.807, 2.05) is 6.07 Å². The normalized spacial score (nSPS) is 20.6. The molecular formula is C11H16N2O3. The van der Waals surface area contributed by atoms with Crippen LogP contribution in [-0.4, -0.2) is 31.7 Å². The van der Waals surface area contributed by atoms with Crippen molar-refractivity contribution in [2.75, 3.05) is 19.7 Å². The second-order valence-corrected chi connectivity index (χ2v) is 3.81. The molecule has 5 nitrogen and oxygen atoms in total. The lowest BCUT2D eigenvalue weighted by molar-refractivity contribution is -0.124. The Hall–Kier alpha value is -1.33. The highest BCUT2D eigenvalue weighted by Gasteiger charge is 2.16. The Morgan fingerprint density at radius 1 is 1.62 bits per heavy atom. The summed E-state index contributed by atoms with van der Waals surface area (Å²) in [5.41, 5.74) is 0.969. The minimum atomic E-state index is -0.00176. The van der Waals surface area contributed by atoms with Crippen LogP contribution >= 0.6 is 0 Å². The molecule has 16 heavy (non-hydrogen) atoms. The zero-order valence-electron chi connectivity index (χ0n) is 9.07. The second-order valence-electron chi connectivity index (χ2n) is 3.81. The summed E-state index contributed by atoms with van der Waals surface area (Å²) in [4.78, 5) is 11.6. The fourth-order valence-corrected chi connectivity index (χ4v) is 1.62. The molecule has 1 aromatic heterocycles. The van der Waals surface area contributed by atoms with Crippen molar-refractivity contribution in [3.63, 3.8) is 0 Å². The topological polar surface area (TPSA) is 63.5 Å². The van der Waals surface area contributed by atoms with Gasteiger partial charge in [0.15, 0.2) is 0 Å². The molecular weight excluding hydrogens is 208 g/mol. The number of morpholine rings is 1. The number of hydrogen-bond acceptors (Lipinski definition) is 4. The van der Waals surface area contributed by atoms with Gasteiger partial charge in [0, 0.05) is 25.2 Å². The molecule has 1 amide bonds. The van der Waals surface area contributed by atoms with E-state index < -0.39 is 0 Å². The van der Waals surface area contributed by atoms with Crippen molar-refractivity contribution in [2.24, 2.45) is 0 Å². The SMILES string of the molecule is O=C(CC1CNCCO1)NCc1ccoc1. The molecule has 2 N–H and O–H groups in total. The van der Waals surface area contributed by atoms with Gasteiger partial charge in [-0.1, -0.05) is 0 Å². The molecule has 0 aliphatic carbocycles. The summed E-state index contributed by atoms with van der Waals surface area (Å²) in [7, 11) is 0. The van der Waals surface area contributed by atoms with Crippen molar-refractivity contribution >= 4 is 5.91 Å². The maximum Gasteiger partial charge on any atom is 0.222 e. The van der Waals surface area contributed by atoms with Gasteiger partial charge in [0.1, 0.15) is 0 Å². The van der Waals surface area contributed by atoms with Crippen LogP contribution in [-0.2, 0) is 16.1 Å². The van der Waals surface area contributed by atoms with Gasteiger partial charge >= 0.3 is 0 Å². The summed E-state index contributed by atoms with van der Waals surface area (Å²) in [5.74, 6) is 0.00917. The fourth-order valence-electron chi connectivity index (χ4n) is 1.62. The van der Waals surface area contributed by atoms with Gasteiger partial charge in [-0.2, -0.15) is 0 Å². The van der Waals surface area contributed by atoms with Crippen LogP contribution in [0.25, 0.3) is 0 Å². The van der Waals surface area contributed by atoms with E-state index in [4.69, 9.17) is 9.15 Å². The molecule has 1 aromatic rings. The van der Waals surface area contributed by atoms with Crippen LogP contribution in [0.2, 0.25) is 0 Å². The van der Waals surface area contributed by atoms with Crippen molar-refractivity contribution in [1.82, 2.24) is 10.6 Å². The molecule has 1 atom stereocenters. The van der Waals surface area contributed by atoms with E-state index in [9.17, 15) is 4.79 Å². The molecule has 0 spiro atoms. The first kappa shape index (κ1) is 11.2. The number of rotatable bonds is 4. The zero-order chi connectivity index (χ0) is 11.2. The highest BCUT2D eigenvalue weighted by atomic mass is 16.5. The van der Waals surface area contributed by atoms with Crippen LogP contribution in [0.15, 0.2) is 23.0 Å². The highest BCUT2D eigenvalue weighted by molar-refractivity contribution is 5.76. The summed E-state index contributed by atoms with van der Waals surface area (Å²) >= 11 is 0. The summed E-state index contributed by atoms with van der Waals surface area (Å²) in [6.45, 7) is 2.81. The standard InChI is InChI=1S/C11H16N2O3/c14-11(5-10-7-12-2-4-16-10)13-6-9-1-3-15-8-9/h1,3,8,10,12H,2,4-7H2,(H,13,14). The summed E-state index contributed by atoms with van der Waals surface area (Å²) in [5, 5.41) is 6.02. The molecule has 1 saturated heterocycles. The molecule has 2 rings (SSSR count). The quantitative estimate of drug-likeness (QED) is 0.770. The van der Waals surface area contributed by atoms with E-state index in [0.29, 0.717) is 19.6 Å². The third-order valence-electron chi connectivity index (χ3n) is 2.49. The Labute approximate surface area is 94.1 Å². The number of ether oxygens (including phenoxy) is 1. The molecule has 5 heteroatoms. The Kier molecular flexibility index (Phi) is 3.96. The average molecular weight is 224 g/mol. The van der Waals surface area contributed by atoms with Gasteiger partial charge in [-0.25, -0.2) is 0 Å². The predicted octanol–water partition coefficient (Wildman–Crippen LogP) is 0.274. The maximum atomic E-state index is 11.6. The highest BCUT2D eigenvalue weighted by Crippen LogP contribution is 2.02. The number of carbonyl (C=O) groups is 1. The van der Waals surface area contributed by atoms with Gasteiger partial charge in [0.2, 0.25) is 5.91 Å². The lowest BCUT2D eigenvalue weighted by atomic mass is 10.2. The molecule has 2 heterocycles. The zero-order valence-corrected chi connectivity index (χ0v) is 9.07. The van der Waals surface area contributed by atoms with Crippen LogP contribution in [0.1, 0.15) is 12.0 Å². The van der Waals surface area contributed by atoms with Crippen molar-refractivity contribution in [3.05, 3.63) is 24.2 Å². The predicted molar refractivity (Wildman–Crippen MR) is 57.8 cm³/mol. The van der Waals surface area contributed by atoms with Crippen LogP contribution in [0.5, 0.6) is 0 Å². The van der Waals surface area contributed by atoms with Gasteiger partial charge in [-0.3, -0.25) is 4.79 Å². The fraction of sp³-hybridized carbons (Fsp3) is 0.545. The molecule has 0 saturated carbocycles. The molecule has 0 bridgehead atoms. The molecule has 1 aliphatic rings. The number of nitrogens with one attached hydrogen (secondary N) is 2. The van der Waals surface area contributed by atoms with Gasteiger partial charge in [0.05, 0.1) is 31.7 Å². The van der Waals surface area contributed by atoms with Crippen molar-refractivity contribution < 1.29 is 13.9 Å². The first-order valence-electron chi connectivity index (χ1n) is 5.44. The first-order chi connectivity index (χ1) is 7.84. The Bertz CT molecular complexity index is 318. The van der Waals surface area contributed by atoms with Crippen molar-refractivity contribution in [2.45, 2.75) is 19.1 Å². The largest absolute Gasteiger partial charge is 0.472 e. The minimum Gasteiger partial charge on any atom is -0.472 e. The van der Waals surface area contributed by atoms with Gasteiger partial charge in [-0.15, -0.1) is 0 Å². The lowest BCUT2D eigenvalue weighted by Gasteiger charge is -2.22. The Balaban J connectivity index is 1.67.